The molecule has 0 aliphatic carbocycles. The zero-order valence-electron chi connectivity index (χ0n) is 8.04. The molecule has 1 rings (SSSR count). The van der Waals surface area contributed by atoms with E-state index < -0.39 is 12.1 Å². The van der Waals surface area contributed by atoms with Crippen molar-refractivity contribution in [3.8, 4) is 5.75 Å². The number of carbonyl (C=O) groups is 1. The molecule has 1 aromatic rings. The Morgan fingerprint density at radius 2 is 2.20 bits per heavy atom. The minimum atomic E-state index is -1.02. The second kappa shape index (κ2) is 5.24. The molecule has 3 nitrogen and oxygen atoms in total. The van der Waals surface area contributed by atoms with Gasteiger partial charge in [-0.25, -0.2) is 4.79 Å². The Hall–Kier alpha value is -0.930. The Kier molecular flexibility index (Phi) is 4.24. The molecule has 0 bridgehead atoms. The minimum absolute atomic E-state index is 0.290. The van der Waals surface area contributed by atoms with E-state index in [1.807, 2.05) is 0 Å². The van der Waals surface area contributed by atoms with Crippen LogP contribution >= 0.6 is 23.2 Å². The number of ether oxygens (including phenoxy) is 1. The van der Waals surface area contributed by atoms with Crippen molar-refractivity contribution in [2.75, 3.05) is 0 Å². The number of rotatable bonds is 4. The lowest BCUT2D eigenvalue weighted by molar-refractivity contribution is -0.145. The minimum Gasteiger partial charge on any atom is -0.479 e. The fourth-order valence-electron chi connectivity index (χ4n) is 1.03. The first-order valence-corrected chi connectivity index (χ1v) is 5.14. The summed E-state index contributed by atoms with van der Waals surface area (Å²) in [5.41, 5.74) is 0. The fraction of sp³-hybridized carbons (Fsp3) is 0.300. The van der Waals surface area contributed by atoms with Crippen LogP contribution in [0.3, 0.4) is 0 Å². The van der Waals surface area contributed by atoms with Crippen molar-refractivity contribution in [3.05, 3.63) is 28.2 Å². The standard InChI is InChI=1S/C10H10Cl2O3/c1-2-8(10(13)14)15-9-5-6(11)3-4-7(9)12/h3-5,8H,2H2,1H3,(H,13,14). The molecule has 0 saturated heterocycles. The highest BCUT2D eigenvalue weighted by Crippen LogP contribution is 2.28. The van der Waals surface area contributed by atoms with Crippen molar-refractivity contribution < 1.29 is 14.6 Å². The lowest BCUT2D eigenvalue weighted by atomic mass is 10.2. The first-order valence-electron chi connectivity index (χ1n) is 4.39. The monoisotopic (exact) mass is 248 g/mol. The van der Waals surface area contributed by atoms with Crippen LogP contribution in [0.4, 0.5) is 0 Å². The van der Waals surface area contributed by atoms with E-state index in [1.165, 1.54) is 6.07 Å². The highest BCUT2D eigenvalue weighted by atomic mass is 35.5. The molecule has 0 saturated carbocycles. The van der Waals surface area contributed by atoms with Crippen molar-refractivity contribution >= 4 is 29.2 Å². The Morgan fingerprint density at radius 3 is 2.73 bits per heavy atom. The highest BCUT2D eigenvalue weighted by Gasteiger charge is 2.18. The van der Waals surface area contributed by atoms with Crippen LogP contribution < -0.4 is 4.74 Å². The predicted molar refractivity (Wildman–Crippen MR) is 58.8 cm³/mol. The number of hydrogen-bond donors (Lipinski definition) is 1. The number of carboxylic acid groups (broad SMARTS) is 1. The first-order chi connectivity index (χ1) is 7.04. The topological polar surface area (TPSA) is 46.5 Å². The van der Waals surface area contributed by atoms with Crippen LogP contribution in [0, 0.1) is 0 Å². The van der Waals surface area contributed by atoms with E-state index in [4.69, 9.17) is 33.0 Å². The molecule has 1 atom stereocenters. The Bertz CT molecular complexity index is 366. The van der Waals surface area contributed by atoms with Gasteiger partial charge in [0.05, 0.1) is 5.02 Å². The summed E-state index contributed by atoms with van der Waals surface area (Å²) < 4.78 is 5.22. The molecular weight excluding hydrogens is 239 g/mol. The zero-order valence-corrected chi connectivity index (χ0v) is 9.55. The third-order valence-corrected chi connectivity index (χ3v) is 2.36. The van der Waals surface area contributed by atoms with E-state index in [0.29, 0.717) is 22.2 Å². The molecule has 1 aromatic carbocycles. The molecule has 1 unspecified atom stereocenters. The number of benzene rings is 1. The number of carboxylic acids is 1. The molecule has 0 fully saturated rings. The zero-order chi connectivity index (χ0) is 11.4. The van der Waals surface area contributed by atoms with E-state index >= 15 is 0 Å². The Labute approximate surface area is 97.6 Å². The molecule has 82 valence electrons. The molecule has 0 spiro atoms. The largest absolute Gasteiger partial charge is 0.479 e. The molecule has 0 radical (unpaired) electrons. The van der Waals surface area contributed by atoms with Crippen LogP contribution in [0.2, 0.25) is 10.0 Å². The van der Waals surface area contributed by atoms with E-state index in [-0.39, 0.29) is 0 Å². The van der Waals surface area contributed by atoms with Crippen LogP contribution in [0.1, 0.15) is 13.3 Å². The lowest BCUT2D eigenvalue weighted by Crippen LogP contribution is -2.26. The van der Waals surface area contributed by atoms with Gasteiger partial charge in [0.25, 0.3) is 0 Å². The van der Waals surface area contributed by atoms with Gasteiger partial charge in [-0.1, -0.05) is 30.1 Å². The summed E-state index contributed by atoms with van der Waals surface area (Å²) in [5.74, 6) is -0.730. The van der Waals surface area contributed by atoms with Crippen LogP contribution in [-0.2, 0) is 4.79 Å². The molecule has 15 heavy (non-hydrogen) atoms. The summed E-state index contributed by atoms with van der Waals surface area (Å²) in [6.07, 6.45) is -0.543. The number of aliphatic carboxylic acids is 1. The van der Waals surface area contributed by atoms with E-state index in [9.17, 15) is 4.79 Å². The van der Waals surface area contributed by atoms with Gasteiger partial charge in [-0.3, -0.25) is 0 Å². The molecule has 0 heterocycles. The third-order valence-electron chi connectivity index (χ3n) is 1.81. The maximum Gasteiger partial charge on any atom is 0.344 e. The van der Waals surface area contributed by atoms with Gasteiger partial charge in [-0.15, -0.1) is 0 Å². The van der Waals surface area contributed by atoms with Gasteiger partial charge in [-0.2, -0.15) is 0 Å². The lowest BCUT2D eigenvalue weighted by Gasteiger charge is -2.14. The van der Waals surface area contributed by atoms with Crippen LogP contribution in [0.5, 0.6) is 5.75 Å². The molecule has 5 heteroatoms. The average molecular weight is 249 g/mol. The summed E-state index contributed by atoms with van der Waals surface area (Å²) in [7, 11) is 0. The van der Waals surface area contributed by atoms with Gasteiger partial charge in [0.1, 0.15) is 5.75 Å². The maximum atomic E-state index is 10.7. The second-order valence-electron chi connectivity index (χ2n) is 2.93. The fourth-order valence-corrected chi connectivity index (χ4v) is 1.35. The maximum absolute atomic E-state index is 10.7. The molecular formula is C10H10Cl2O3. The van der Waals surface area contributed by atoms with Crippen LogP contribution in [-0.4, -0.2) is 17.2 Å². The van der Waals surface area contributed by atoms with Gasteiger partial charge in [-0.05, 0) is 18.6 Å². The van der Waals surface area contributed by atoms with Gasteiger partial charge in [0.15, 0.2) is 6.10 Å². The van der Waals surface area contributed by atoms with Crippen molar-refractivity contribution in [2.24, 2.45) is 0 Å². The summed E-state index contributed by atoms with van der Waals surface area (Å²) >= 11 is 11.6. The smallest absolute Gasteiger partial charge is 0.344 e. The van der Waals surface area contributed by atoms with Gasteiger partial charge in [0.2, 0.25) is 0 Å². The van der Waals surface area contributed by atoms with E-state index in [2.05, 4.69) is 0 Å². The summed E-state index contributed by atoms with van der Waals surface area (Å²) in [6, 6.07) is 4.67. The SMILES string of the molecule is CCC(Oc1cc(Cl)ccc1Cl)C(=O)O. The van der Waals surface area contributed by atoms with E-state index in [1.54, 1.807) is 19.1 Å². The molecule has 0 amide bonds. The van der Waals surface area contributed by atoms with Crippen molar-refractivity contribution in [2.45, 2.75) is 19.4 Å². The van der Waals surface area contributed by atoms with Crippen molar-refractivity contribution in [3.63, 3.8) is 0 Å². The van der Waals surface area contributed by atoms with Crippen molar-refractivity contribution in [1.29, 1.82) is 0 Å². The van der Waals surface area contributed by atoms with Crippen LogP contribution in [0.25, 0.3) is 0 Å². The van der Waals surface area contributed by atoms with Gasteiger partial charge >= 0.3 is 5.97 Å². The second-order valence-corrected chi connectivity index (χ2v) is 3.77. The van der Waals surface area contributed by atoms with E-state index in [0.717, 1.165) is 0 Å². The van der Waals surface area contributed by atoms with Crippen LogP contribution in [0.15, 0.2) is 18.2 Å². The van der Waals surface area contributed by atoms with Gasteiger partial charge < -0.3 is 9.84 Å². The third kappa shape index (κ3) is 3.29. The Morgan fingerprint density at radius 1 is 1.53 bits per heavy atom. The quantitative estimate of drug-likeness (QED) is 0.890. The molecule has 0 aliphatic heterocycles. The summed E-state index contributed by atoms with van der Waals surface area (Å²) in [4.78, 5) is 10.7. The highest BCUT2D eigenvalue weighted by molar-refractivity contribution is 6.34. The summed E-state index contributed by atoms with van der Waals surface area (Å²) in [5, 5.41) is 9.59. The van der Waals surface area contributed by atoms with Crippen molar-refractivity contribution in [1.82, 2.24) is 0 Å². The number of hydrogen-bond acceptors (Lipinski definition) is 2. The predicted octanol–water partition coefficient (Wildman–Crippen LogP) is 3.24. The first kappa shape index (κ1) is 12.1. The number of halogens is 2. The Balaban J connectivity index is 2.87. The molecule has 0 aliphatic rings. The molecule has 1 N–H and O–H groups in total. The molecule has 0 aromatic heterocycles. The normalized spacial score (nSPS) is 12.2. The summed E-state index contributed by atoms with van der Waals surface area (Å²) in [6.45, 7) is 1.72. The van der Waals surface area contributed by atoms with Gasteiger partial charge in [0, 0.05) is 11.1 Å². The average Bonchev–Trinajstić information content (AvgIpc) is 2.18.